The Kier molecular flexibility index (Phi) is 5.85. The number of rotatable bonds is 6. The van der Waals surface area contributed by atoms with Crippen LogP contribution in [0.4, 0.5) is 0 Å². The predicted octanol–water partition coefficient (Wildman–Crippen LogP) is 2.00. The summed E-state index contributed by atoms with van der Waals surface area (Å²) in [4.78, 5) is 11.9. The van der Waals surface area contributed by atoms with Crippen LogP contribution in [0.5, 0.6) is 5.75 Å². The fourth-order valence-corrected chi connectivity index (χ4v) is 2.93. The van der Waals surface area contributed by atoms with E-state index in [-0.39, 0.29) is 11.9 Å². The van der Waals surface area contributed by atoms with Gasteiger partial charge in [-0.3, -0.25) is 4.79 Å². The third-order valence-corrected chi connectivity index (χ3v) is 4.39. The highest BCUT2D eigenvalue weighted by atomic mass is 16.5. The van der Waals surface area contributed by atoms with Crippen molar-refractivity contribution >= 4 is 5.91 Å². The van der Waals surface area contributed by atoms with E-state index in [0.29, 0.717) is 6.61 Å². The molecule has 0 saturated carbocycles. The highest BCUT2D eigenvalue weighted by Gasteiger charge is 2.23. The van der Waals surface area contributed by atoms with Gasteiger partial charge in [-0.05, 0) is 42.7 Å². The summed E-state index contributed by atoms with van der Waals surface area (Å²) in [5.74, 6) is 1.05. The molecule has 0 aliphatic carbocycles. The molecule has 3 N–H and O–H groups in total. The van der Waals surface area contributed by atoms with E-state index in [1.807, 2.05) is 30.3 Å². The molecular weight excluding hydrogens is 300 g/mol. The third-order valence-electron chi connectivity index (χ3n) is 4.39. The van der Waals surface area contributed by atoms with Gasteiger partial charge in [0.1, 0.15) is 18.9 Å². The first-order valence-corrected chi connectivity index (χ1v) is 8.68. The van der Waals surface area contributed by atoms with Crippen LogP contribution in [0.15, 0.2) is 54.6 Å². The lowest BCUT2D eigenvalue weighted by atomic mass is 10.1. The fourth-order valence-electron chi connectivity index (χ4n) is 2.93. The van der Waals surface area contributed by atoms with Crippen molar-refractivity contribution in [1.82, 2.24) is 5.32 Å². The molecule has 0 aromatic heterocycles. The van der Waals surface area contributed by atoms with E-state index in [2.05, 4.69) is 34.9 Å². The first-order chi connectivity index (χ1) is 11.8. The zero-order chi connectivity index (χ0) is 16.6. The number of nitrogens with one attached hydrogen (secondary N) is 1. The smallest absolute Gasteiger partial charge is 0.278 e. The van der Waals surface area contributed by atoms with Gasteiger partial charge in [0.2, 0.25) is 0 Å². The van der Waals surface area contributed by atoms with Crippen LogP contribution in [0.3, 0.4) is 0 Å². The second-order valence-electron chi connectivity index (χ2n) is 6.25. The number of carbonyl (C=O) groups excluding carboxylic acids is 1. The Morgan fingerprint density at radius 3 is 2.58 bits per heavy atom. The summed E-state index contributed by atoms with van der Waals surface area (Å²) in [6, 6.07) is 18.3. The number of hydrogen-bond donors (Lipinski definition) is 2. The van der Waals surface area contributed by atoms with Gasteiger partial charge in [-0.25, -0.2) is 0 Å². The number of hydrogen-bond acceptors (Lipinski definition) is 2. The lowest BCUT2D eigenvalue weighted by Crippen LogP contribution is -2.91. The van der Waals surface area contributed by atoms with Crippen molar-refractivity contribution < 1.29 is 14.8 Å². The normalized spacial score (nSPS) is 17.8. The average molecular weight is 325 g/mol. The summed E-state index contributed by atoms with van der Waals surface area (Å²) in [5.41, 5.74) is 2.37. The molecule has 0 spiro atoms. The fraction of sp³-hybridized carbons (Fsp3) is 0.350. The van der Waals surface area contributed by atoms with Crippen LogP contribution in [0.1, 0.15) is 30.4 Å². The van der Waals surface area contributed by atoms with Gasteiger partial charge < -0.3 is 15.4 Å². The van der Waals surface area contributed by atoms with Gasteiger partial charge in [0.15, 0.2) is 6.04 Å². The second-order valence-corrected chi connectivity index (χ2v) is 6.25. The minimum Gasteiger partial charge on any atom is -0.489 e. The Bertz CT molecular complexity index is 640. The summed E-state index contributed by atoms with van der Waals surface area (Å²) >= 11 is 0. The number of amides is 1. The van der Waals surface area contributed by atoms with Gasteiger partial charge in [0, 0.05) is 18.5 Å². The maximum atomic E-state index is 11.9. The Hall–Kier alpha value is -2.33. The monoisotopic (exact) mass is 325 g/mol. The molecule has 2 aromatic carbocycles. The quantitative estimate of drug-likeness (QED) is 0.853. The Morgan fingerprint density at radius 1 is 1.00 bits per heavy atom. The van der Waals surface area contributed by atoms with E-state index >= 15 is 0 Å². The van der Waals surface area contributed by atoms with Crippen molar-refractivity contribution in [2.75, 3.05) is 6.54 Å². The summed E-state index contributed by atoms with van der Waals surface area (Å²) in [6.45, 7) is 2.21. The molecule has 1 fully saturated rings. The summed E-state index contributed by atoms with van der Waals surface area (Å²) < 4.78 is 5.80. The van der Waals surface area contributed by atoms with Crippen molar-refractivity contribution in [3.63, 3.8) is 0 Å². The summed E-state index contributed by atoms with van der Waals surface area (Å²) in [5, 5.41) is 5.12. The first-order valence-electron chi connectivity index (χ1n) is 8.68. The van der Waals surface area contributed by atoms with E-state index in [4.69, 9.17) is 4.74 Å². The second kappa shape index (κ2) is 8.50. The zero-order valence-corrected chi connectivity index (χ0v) is 13.9. The van der Waals surface area contributed by atoms with Crippen LogP contribution in [0.2, 0.25) is 0 Å². The Morgan fingerprint density at radius 2 is 1.79 bits per heavy atom. The van der Waals surface area contributed by atoms with Crippen LogP contribution in [0, 0.1) is 0 Å². The third kappa shape index (κ3) is 4.83. The lowest BCUT2D eigenvalue weighted by molar-refractivity contribution is -0.692. The van der Waals surface area contributed by atoms with E-state index in [1.54, 1.807) is 0 Å². The van der Waals surface area contributed by atoms with Crippen LogP contribution < -0.4 is 15.4 Å². The van der Waals surface area contributed by atoms with Crippen molar-refractivity contribution in [2.24, 2.45) is 0 Å². The molecule has 1 atom stereocenters. The van der Waals surface area contributed by atoms with Crippen LogP contribution in [0.25, 0.3) is 0 Å². The summed E-state index contributed by atoms with van der Waals surface area (Å²) in [7, 11) is 0. The standard InChI is InChI=1S/C20H24N2O2/c23-20-19(8-4-5-13-21-20)22-14-16-9-11-18(12-10-16)24-15-17-6-2-1-3-7-17/h1-3,6-7,9-12,19,22H,4-5,8,13-15H2,(H,21,23)/p+1/t19-/m0/s1. The zero-order valence-electron chi connectivity index (χ0n) is 13.9. The van der Waals surface area contributed by atoms with E-state index in [9.17, 15) is 4.79 Å². The Balaban J connectivity index is 1.48. The number of quaternary nitrogens is 1. The molecule has 3 rings (SSSR count). The van der Waals surface area contributed by atoms with Crippen molar-refractivity contribution in [3.8, 4) is 5.75 Å². The minimum atomic E-state index is 0.0431. The number of ether oxygens (including phenoxy) is 1. The van der Waals surface area contributed by atoms with Crippen LogP contribution in [-0.4, -0.2) is 18.5 Å². The molecule has 24 heavy (non-hydrogen) atoms. The van der Waals surface area contributed by atoms with E-state index < -0.39 is 0 Å². The highest BCUT2D eigenvalue weighted by molar-refractivity contribution is 5.80. The highest BCUT2D eigenvalue weighted by Crippen LogP contribution is 2.14. The molecule has 4 heteroatoms. The SMILES string of the molecule is O=C1NCCCC[C@@H]1[NH2+]Cc1ccc(OCc2ccccc2)cc1. The Labute approximate surface area is 143 Å². The molecule has 2 aromatic rings. The predicted molar refractivity (Wildman–Crippen MR) is 93.5 cm³/mol. The molecule has 126 valence electrons. The molecule has 1 amide bonds. The molecule has 1 heterocycles. The molecule has 1 aliphatic heterocycles. The molecule has 0 bridgehead atoms. The number of carbonyl (C=O) groups is 1. The number of benzene rings is 2. The lowest BCUT2D eigenvalue weighted by Gasteiger charge is -2.12. The molecule has 0 radical (unpaired) electrons. The van der Waals surface area contributed by atoms with Gasteiger partial charge in [-0.2, -0.15) is 0 Å². The average Bonchev–Trinajstić information content (AvgIpc) is 2.84. The molecular formula is C20H25N2O2+. The van der Waals surface area contributed by atoms with Gasteiger partial charge >= 0.3 is 0 Å². The maximum absolute atomic E-state index is 11.9. The molecule has 1 aliphatic rings. The topological polar surface area (TPSA) is 54.9 Å². The van der Waals surface area contributed by atoms with Crippen LogP contribution in [-0.2, 0) is 17.9 Å². The summed E-state index contributed by atoms with van der Waals surface area (Å²) in [6.07, 6.45) is 3.17. The van der Waals surface area contributed by atoms with Crippen molar-refractivity contribution in [1.29, 1.82) is 0 Å². The molecule has 4 nitrogen and oxygen atoms in total. The van der Waals surface area contributed by atoms with E-state index in [0.717, 1.165) is 43.7 Å². The number of nitrogens with two attached hydrogens (primary N) is 1. The van der Waals surface area contributed by atoms with Gasteiger partial charge in [-0.1, -0.05) is 30.3 Å². The van der Waals surface area contributed by atoms with Gasteiger partial charge in [0.25, 0.3) is 5.91 Å². The molecule has 1 saturated heterocycles. The van der Waals surface area contributed by atoms with Gasteiger partial charge in [0.05, 0.1) is 0 Å². The largest absolute Gasteiger partial charge is 0.489 e. The van der Waals surface area contributed by atoms with Gasteiger partial charge in [-0.15, -0.1) is 0 Å². The van der Waals surface area contributed by atoms with Crippen LogP contribution >= 0.6 is 0 Å². The maximum Gasteiger partial charge on any atom is 0.278 e. The minimum absolute atomic E-state index is 0.0431. The van der Waals surface area contributed by atoms with E-state index in [1.165, 1.54) is 5.56 Å². The van der Waals surface area contributed by atoms with Crippen molar-refractivity contribution in [3.05, 3.63) is 65.7 Å². The first kappa shape index (κ1) is 16.5. The molecule has 0 unspecified atom stereocenters. The van der Waals surface area contributed by atoms with Crippen molar-refractivity contribution in [2.45, 2.75) is 38.5 Å².